The number of rotatable bonds is 4. The lowest BCUT2D eigenvalue weighted by Gasteiger charge is -2.46. The molecule has 1 N–H and O–H groups in total. The Morgan fingerprint density at radius 1 is 1.05 bits per heavy atom. The summed E-state index contributed by atoms with van der Waals surface area (Å²) in [4.78, 5) is 2.83. The van der Waals surface area contributed by atoms with Crippen molar-refractivity contribution in [1.29, 1.82) is 0 Å². The number of piperazine rings is 1. The predicted octanol–water partition coefficient (Wildman–Crippen LogP) is 3.77. The Hall–Kier alpha value is -0.0800. The molecule has 0 bridgehead atoms. The first-order chi connectivity index (χ1) is 9.49. The molecule has 0 spiro atoms. The van der Waals surface area contributed by atoms with Gasteiger partial charge in [0.05, 0.1) is 0 Å². The largest absolute Gasteiger partial charge is 0.311 e. The fraction of sp³-hybridized carbons (Fsp3) is 1.00. The maximum atomic E-state index is 3.79. The zero-order valence-corrected chi connectivity index (χ0v) is 14.4. The fourth-order valence-electron chi connectivity index (χ4n) is 4.13. The van der Waals surface area contributed by atoms with Crippen molar-refractivity contribution in [2.75, 3.05) is 19.6 Å². The van der Waals surface area contributed by atoms with Crippen molar-refractivity contribution >= 4 is 0 Å². The van der Waals surface area contributed by atoms with E-state index in [9.17, 15) is 0 Å². The Kier molecular flexibility index (Phi) is 5.92. The molecule has 1 heterocycles. The van der Waals surface area contributed by atoms with E-state index in [4.69, 9.17) is 0 Å². The van der Waals surface area contributed by atoms with E-state index in [1.807, 2.05) is 0 Å². The van der Waals surface area contributed by atoms with Crippen LogP contribution >= 0.6 is 0 Å². The van der Waals surface area contributed by atoms with Gasteiger partial charge in [-0.25, -0.2) is 0 Å². The zero-order chi connectivity index (χ0) is 14.7. The minimum Gasteiger partial charge on any atom is -0.311 e. The van der Waals surface area contributed by atoms with Gasteiger partial charge in [-0.1, -0.05) is 53.9 Å². The average molecular weight is 280 g/mol. The van der Waals surface area contributed by atoms with Crippen LogP contribution in [0.1, 0.15) is 60.3 Å². The summed E-state index contributed by atoms with van der Waals surface area (Å²) in [6, 6.07) is 1.42. The van der Waals surface area contributed by atoms with Gasteiger partial charge in [0, 0.05) is 31.7 Å². The molecule has 20 heavy (non-hydrogen) atoms. The van der Waals surface area contributed by atoms with E-state index < -0.39 is 0 Å². The van der Waals surface area contributed by atoms with Crippen LogP contribution in [0.5, 0.6) is 0 Å². The minimum absolute atomic E-state index is 0.684. The molecular formula is C18H36N2. The van der Waals surface area contributed by atoms with E-state index in [0.717, 1.165) is 29.7 Å². The Bertz CT molecular complexity index is 287. The van der Waals surface area contributed by atoms with Gasteiger partial charge in [0.25, 0.3) is 0 Å². The highest BCUT2D eigenvalue weighted by Crippen LogP contribution is 2.31. The maximum absolute atomic E-state index is 3.79. The van der Waals surface area contributed by atoms with Gasteiger partial charge in [0.15, 0.2) is 0 Å². The van der Waals surface area contributed by atoms with E-state index in [2.05, 4.69) is 44.8 Å². The molecule has 2 heteroatoms. The molecule has 0 radical (unpaired) electrons. The van der Waals surface area contributed by atoms with Crippen molar-refractivity contribution in [1.82, 2.24) is 10.2 Å². The smallest absolute Gasteiger partial charge is 0.0244 e. The monoisotopic (exact) mass is 280 g/mol. The Balaban J connectivity index is 1.99. The van der Waals surface area contributed by atoms with Crippen LogP contribution in [0.3, 0.4) is 0 Å². The van der Waals surface area contributed by atoms with E-state index >= 15 is 0 Å². The highest BCUT2D eigenvalue weighted by atomic mass is 15.2. The van der Waals surface area contributed by atoms with Crippen LogP contribution in [0.2, 0.25) is 0 Å². The molecule has 4 unspecified atom stereocenters. The van der Waals surface area contributed by atoms with Gasteiger partial charge in [-0.2, -0.15) is 0 Å². The summed E-state index contributed by atoms with van der Waals surface area (Å²) in [5.74, 6) is 3.38. The molecular weight excluding hydrogens is 244 g/mol. The molecule has 2 nitrogen and oxygen atoms in total. The van der Waals surface area contributed by atoms with Crippen molar-refractivity contribution in [3.8, 4) is 0 Å². The zero-order valence-electron chi connectivity index (χ0n) is 14.4. The average Bonchev–Trinajstić information content (AvgIpc) is 2.41. The predicted molar refractivity (Wildman–Crippen MR) is 87.9 cm³/mol. The standard InChI is InChI=1S/C18H36N2/c1-13(2)17-12-20(18(10-19-17)14(3)4)11-16-9-7-6-8-15(16)5/h13-19H,6-12H2,1-5H3. The van der Waals surface area contributed by atoms with Crippen molar-refractivity contribution in [3.63, 3.8) is 0 Å². The number of hydrogen-bond donors (Lipinski definition) is 1. The molecule has 1 aliphatic heterocycles. The number of nitrogens with zero attached hydrogens (tertiary/aromatic N) is 1. The second kappa shape index (κ2) is 7.26. The molecule has 1 saturated heterocycles. The molecule has 2 fully saturated rings. The van der Waals surface area contributed by atoms with Gasteiger partial charge in [0.2, 0.25) is 0 Å². The minimum atomic E-state index is 0.684. The van der Waals surface area contributed by atoms with Crippen molar-refractivity contribution in [2.24, 2.45) is 23.7 Å². The molecule has 0 aromatic rings. The first-order valence-electron chi connectivity index (χ1n) is 8.96. The van der Waals surface area contributed by atoms with Crippen LogP contribution in [0.4, 0.5) is 0 Å². The first-order valence-corrected chi connectivity index (χ1v) is 8.96. The summed E-state index contributed by atoms with van der Waals surface area (Å²) in [6.45, 7) is 15.7. The molecule has 2 rings (SSSR count). The van der Waals surface area contributed by atoms with E-state index in [0.29, 0.717) is 6.04 Å². The van der Waals surface area contributed by atoms with Crippen LogP contribution in [-0.4, -0.2) is 36.6 Å². The van der Waals surface area contributed by atoms with Crippen LogP contribution in [0, 0.1) is 23.7 Å². The van der Waals surface area contributed by atoms with Crippen LogP contribution in [0.15, 0.2) is 0 Å². The van der Waals surface area contributed by atoms with E-state index in [-0.39, 0.29) is 0 Å². The molecule has 4 atom stereocenters. The Morgan fingerprint density at radius 3 is 2.35 bits per heavy atom. The highest BCUT2D eigenvalue weighted by molar-refractivity contribution is 4.90. The van der Waals surface area contributed by atoms with Crippen LogP contribution < -0.4 is 5.32 Å². The lowest BCUT2D eigenvalue weighted by atomic mass is 9.79. The summed E-state index contributed by atoms with van der Waals surface area (Å²) in [5.41, 5.74) is 0. The summed E-state index contributed by atoms with van der Waals surface area (Å²) in [7, 11) is 0. The molecule has 0 amide bonds. The van der Waals surface area contributed by atoms with Crippen molar-refractivity contribution in [2.45, 2.75) is 72.4 Å². The topological polar surface area (TPSA) is 15.3 Å². The third-order valence-electron chi connectivity index (χ3n) is 5.82. The Morgan fingerprint density at radius 2 is 1.75 bits per heavy atom. The number of hydrogen-bond acceptors (Lipinski definition) is 2. The van der Waals surface area contributed by atoms with Crippen LogP contribution in [0.25, 0.3) is 0 Å². The molecule has 1 saturated carbocycles. The van der Waals surface area contributed by atoms with Gasteiger partial charge < -0.3 is 5.32 Å². The summed E-state index contributed by atoms with van der Waals surface area (Å²) < 4.78 is 0. The molecule has 118 valence electrons. The normalized spacial score (nSPS) is 36.8. The lowest BCUT2D eigenvalue weighted by molar-refractivity contribution is 0.0521. The molecule has 1 aliphatic carbocycles. The second-order valence-corrected chi connectivity index (χ2v) is 8.05. The Labute approximate surface area is 126 Å². The van der Waals surface area contributed by atoms with Gasteiger partial charge in [-0.3, -0.25) is 4.90 Å². The van der Waals surface area contributed by atoms with E-state index in [1.165, 1.54) is 45.3 Å². The van der Waals surface area contributed by atoms with Gasteiger partial charge in [0.1, 0.15) is 0 Å². The maximum Gasteiger partial charge on any atom is 0.0244 e. The molecule has 0 aromatic carbocycles. The van der Waals surface area contributed by atoms with E-state index in [1.54, 1.807) is 0 Å². The lowest BCUT2D eigenvalue weighted by Crippen LogP contribution is -2.60. The summed E-state index contributed by atoms with van der Waals surface area (Å²) in [6.07, 6.45) is 5.83. The first kappa shape index (κ1) is 16.3. The second-order valence-electron chi connectivity index (χ2n) is 8.05. The van der Waals surface area contributed by atoms with Crippen molar-refractivity contribution < 1.29 is 0 Å². The highest BCUT2D eigenvalue weighted by Gasteiger charge is 2.33. The fourth-order valence-corrected chi connectivity index (χ4v) is 4.13. The SMILES string of the molecule is CC(C)C1CN(CC2CCCCC2C)C(C(C)C)CN1. The van der Waals surface area contributed by atoms with Gasteiger partial charge >= 0.3 is 0 Å². The summed E-state index contributed by atoms with van der Waals surface area (Å²) >= 11 is 0. The molecule has 2 aliphatic rings. The van der Waals surface area contributed by atoms with Gasteiger partial charge in [-0.05, 0) is 30.1 Å². The van der Waals surface area contributed by atoms with Gasteiger partial charge in [-0.15, -0.1) is 0 Å². The van der Waals surface area contributed by atoms with Crippen molar-refractivity contribution in [3.05, 3.63) is 0 Å². The summed E-state index contributed by atoms with van der Waals surface area (Å²) in [5, 5.41) is 3.79. The number of nitrogens with one attached hydrogen (secondary N) is 1. The molecule has 0 aromatic heterocycles. The van der Waals surface area contributed by atoms with Crippen LogP contribution in [-0.2, 0) is 0 Å². The third-order valence-corrected chi connectivity index (χ3v) is 5.82. The third kappa shape index (κ3) is 3.98. The quantitative estimate of drug-likeness (QED) is 0.843.